The third kappa shape index (κ3) is 1.71. The molecule has 1 aromatic heterocycles. The summed E-state index contributed by atoms with van der Waals surface area (Å²) < 4.78 is 5.10. The molecule has 0 atom stereocenters. The number of aromatic nitrogens is 1. The quantitative estimate of drug-likeness (QED) is 0.732. The minimum Gasteiger partial charge on any atom is -0.477 e. The summed E-state index contributed by atoms with van der Waals surface area (Å²) in [7, 11) is 0. The second kappa shape index (κ2) is 3.49. The number of halogens is 1. The first kappa shape index (κ1) is 8.93. The zero-order valence-electron chi connectivity index (χ0n) is 6.67. The molecule has 0 spiro atoms. The van der Waals surface area contributed by atoms with Crippen LogP contribution in [0.3, 0.4) is 0 Å². The summed E-state index contributed by atoms with van der Waals surface area (Å²) in [5, 5.41) is 0.311. The lowest BCUT2D eigenvalue weighted by atomic mass is 10.4. The third-order valence-electron chi connectivity index (χ3n) is 1.26. The van der Waals surface area contributed by atoms with E-state index in [4.69, 9.17) is 27.8 Å². The van der Waals surface area contributed by atoms with E-state index in [9.17, 15) is 0 Å². The van der Waals surface area contributed by atoms with Gasteiger partial charge in [-0.1, -0.05) is 11.6 Å². The van der Waals surface area contributed by atoms with Crippen molar-refractivity contribution in [2.75, 3.05) is 18.1 Å². The van der Waals surface area contributed by atoms with Crippen LogP contribution in [0.4, 0.5) is 11.5 Å². The molecule has 0 radical (unpaired) electrons. The number of nitrogen functional groups attached to an aromatic ring is 2. The monoisotopic (exact) mass is 187 g/mol. The van der Waals surface area contributed by atoms with Crippen LogP contribution in [0.5, 0.6) is 5.88 Å². The van der Waals surface area contributed by atoms with Gasteiger partial charge in [0.15, 0.2) is 0 Å². The molecule has 1 heterocycles. The molecule has 1 rings (SSSR count). The van der Waals surface area contributed by atoms with Gasteiger partial charge >= 0.3 is 0 Å². The van der Waals surface area contributed by atoms with Crippen molar-refractivity contribution in [2.45, 2.75) is 6.92 Å². The van der Waals surface area contributed by atoms with Crippen LogP contribution >= 0.6 is 11.6 Å². The fourth-order valence-electron chi connectivity index (χ4n) is 0.777. The van der Waals surface area contributed by atoms with Gasteiger partial charge in [-0.25, -0.2) is 0 Å². The predicted molar refractivity (Wildman–Crippen MR) is 49.2 cm³/mol. The van der Waals surface area contributed by atoms with Gasteiger partial charge < -0.3 is 16.2 Å². The van der Waals surface area contributed by atoms with E-state index in [-0.39, 0.29) is 5.88 Å². The Balaban J connectivity index is 3.09. The molecule has 12 heavy (non-hydrogen) atoms. The number of nitrogens with two attached hydrogens (primary N) is 2. The fourth-order valence-corrected chi connectivity index (χ4v) is 0.928. The van der Waals surface area contributed by atoms with Gasteiger partial charge in [0.2, 0.25) is 5.88 Å². The molecule has 0 aromatic carbocycles. The number of nitrogens with zero attached hydrogens (tertiary/aromatic N) is 1. The smallest absolute Gasteiger partial charge is 0.236 e. The van der Waals surface area contributed by atoms with Gasteiger partial charge in [0.05, 0.1) is 12.3 Å². The maximum atomic E-state index is 5.78. The summed E-state index contributed by atoms with van der Waals surface area (Å²) in [6.45, 7) is 2.31. The molecule has 0 fully saturated rings. The summed E-state index contributed by atoms with van der Waals surface area (Å²) in [6, 6.07) is 1.49. The van der Waals surface area contributed by atoms with Gasteiger partial charge in [-0.2, -0.15) is 4.98 Å². The summed E-state index contributed by atoms with van der Waals surface area (Å²) in [5.74, 6) is 0.594. The van der Waals surface area contributed by atoms with Crippen LogP contribution in [0.25, 0.3) is 0 Å². The largest absolute Gasteiger partial charge is 0.477 e. The number of anilines is 2. The van der Waals surface area contributed by atoms with E-state index in [1.807, 2.05) is 6.92 Å². The molecule has 0 aliphatic heterocycles. The van der Waals surface area contributed by atoms with Gasteiger partial charge in [0.1, 0.15) is 10.8 Å². The van der Waals surface area contributed by atoms with Gasteiger partial charge in [0.25, 0.3) is 0 Å². The van der Waals surface area contributed by atoms with Crippen molar-refractivity contribution in [1.82, 2.24) is 4.98 Å². The highest BCUT2D eigenvalue weighted by Gasteiger charge is 2.07. The van der Waals surface area contributed by atoms with Gasteiger partial charge in [0, 0.05) is 6.07 Å². The Morgan fingerprint density at radius 3 is 2.83 bits per heavy atom. The maximum absolute atomic E-state index is 5.78. The first-order valence-electron chi connectivity index (χ1n) is 3.49. The standard InChI is InChI=1S/C7H10ClN3O/c1-2-12-7-6(8)4(9)3-5(10)11-7/h3H,2H2,1H3,(H4,9,10,11). The summed E-state index contributed by atoms with van der Waals surface area (Å²) in [4.78, 5) is 3.87. The minimum atomic E-state index is 0.289. The van der Waals surface area contributed by atoms with E-state index in [0.717, 1.165) is 0 Å². The van der Waals surface area contributed by atoms with Crippen molar-refractivity contribution in [3.63, 3.8) is 0 Å². The Morgan fingerprint density at radius 1 is 1.58 bits per heavy atom. The molecule has 0 amide bonds. The van der Waals surface area contributed by atoms with Crippen LogP contribution in [0.15, 0.2) is 6.07 Å². The molecule has 0 unspecified atom stereocenters. The number of rotatable bonds is 2. The highest BCUT2D eigenvalue weighted by Crippen LogP contribution is 2.29. The van der Waals surface area contributed by atoms with Crippen LogP contribution in [0, 0.1) is 0 Å². The van der Waals surface area contributed by atoms with Crippen molar-refractivity contribution in [1.29, 1.82) is 0 Å². The fraction of sp³-hybridized carbons (Fsp3) is 0.286. The Labute approximate surface area is 75.5 Å². The SMILES string of the molecule is CCOc1nc(N)cc(N)c1Cl. The lowest BCUT2D eigenvalue weighted by molar-refractivity contribution is 0.328. The van der Waals surface area contributed by atoms with E-state index in [0.29, 0.717) is 23.1 Å². The van der Waals surface area contributed by atoms with E-state index in [1.54, 1.807) is 0 Å². The van der Waals surface area contributed by atoms with E-state index in [2.05, 4.69) is 4.98 Å². The average Bonchev–Trinajstić information content (AvgIpc) is 2.00. The van der Waals surface area contributed by atoms with Crippen molar-refractivity contribution in [3.05, 3.63) is 11.1 Å². The molecule has 0 aliphatic rings. The highest BCUT2D eigenvalue weighted by molar-refractivity contribution is 6.34. The van der Waals surface area contributed by atoms with Crippen molar-refractivity contribution in [2.24, 2.45) is 0 Å². The lowest BCUT2D eigenvalue weighted by Crippen LogP contribution is -2.01. The molecule has 0 aliphatic carbocycles. The summed E-state index contributed by atoms with van der Waals surface area (Å²) in [5.41, 5.74) is 11.3. The van der Waals surface area contributed by atoms with Crippen molar-refractivity contribution >= 4 is 23.1 Å². The van der Waals surface area contributed by atoms with Crippen LogP contribution < -0.4 is 16.2 Å². The zero-order chi connectivity index (χ0) is 9.14. The third-order valence-corrected chi connectivity index (χ3v) is 1.64. The van der Waals surface area contributed by atoms with Crippen molar-refractivity contribution in [3.8, 4) is 5.88 Å². The van der Waals surface area contributed by atoms with Crippen molar-refractivity contribution < 1.29 is 4.74 Å². The number of pyridine rings is 1. The Bertz CT molecular complexity index is 290. The first-order chi connectivity index (χ1) is 5.65. The van der Waals surface area contributed by atoms with Crippen LogP contribution in [-0.2, 0) is 0 Å². The lowest BCUT2D eigenvalue weighted by Gasteiger charge is -2.06. The van der Waals surface area contributed by atoms with E-state index >= 15 is 0 Å². The Hall–Kier alpha value is -1.16. The topological polar surface area (TPSA) is 74.2 Å². The Kier molecular flexibility index (Phi) is 2.60. The van der Waals surface area contributed by atoms with Gasteiger partial charge in [-0.3, -0.25) is 0 Å². The van der Waals surface area contributed by atoms with Crippen LogP contribution in [0.2, 0.25) is 5.02 Å². The predicted octanol–water partition coefficient (Wildman–Crippen LogP) is 1.30. The number of hydrogen-bond acceptors (Lipinski definition) is 4. The normalized spacial score (nSPS) is 9.83. The molecule has 4 N–H and O–H groups in total. The molecule has 0 saturated heterocycles. The number of hydrogen-bond donors (Lipinski definition) is 2. The molecule has 5 heteroatoms. The summed E-state index contributed by atoms with van der Waals surface area (Å²) >= 11 is 5.78. The molecule has 1 aromatic rings. The zero-order valence-corrected chi connectivity index (χ0v) is 7.43. The maximum Gasteiger partial charge on any atom is 0.236 e. The Morgan fingerprint density at radius 2 is 2.25 bits per heavy atom. The van der Waals surface area contributed by atoms with Crippen LogP contribution in [0.1, 0.15) is 6.92 Å². The molecule has 0 saturated carbocycles. The summed E-state index contributed by atoms with van der Waals surface area (Å²) in [6.07, 6.45) is 0. The second-order valence-electron chi connectivity index (χ2n) is 2.19. The van der Waals surface area contributed by atoms with Gasteiger partial charge in [-0.15, -0.1) is 0 Å². The number of ether oxygens (including phenoxy) is 1. The molecular formula is C7H10ClN3O. The van der Waals surface area contributed by atoms with Gasteiger partial charge in [-0.05, 0) is 6.92 Å². The molecule has 4 nitrogen and oxygen atoms in total. The average molecular weight is 188 g/mol. The van der Waals surface area contributed by atoms with Crippen LogP contribution in [-0.4, -0.2) is 11.6 Å². The second-order valence-corrected chi connectivity index (χ2v) is 2.57. The molecular weight excluding hydrogens is 178 g/mol. The molecule has 66 valence electrons. The molecule has 0 bridgehead atoms. The minimum absolute atomic E-state index is 0.289. The van der Waals surface area contributed by atoms with E-state index < -0.39 is 0 Å². The van der Waals surface area contributed by atoms with E-state index in [1.165, 1.54) is 6.07 Å². The highest BCUT2D eigenvalue weighted by atomic mass is 35.5. The first-order valence-corrected chi connectivity index (χ1v) is 3.87.